The summed E-state index contributed by atoms with van der Waals surface area (Å²) in [4.78, 5) is 26.7. The van der Waals surface area contributed by atoms with E-state index in [0.29, 0.717) is 5.65 Å². The number of fused-ring (bicyclic) bond motifs is 1. The summed E-state index contributed by atoms with van der Waals surface area (Å²) >= 11 is 3.64. The van der Waals surface area contributed by atoms with E-state index in [4.69, 9.17) is 10.2 Å². The summed E-state index contributed by atoms with van der Waals surface area (Å²) in [7, 11) is 0. The molecule has 136 valence electrons. The van der Waals surface area contributed by atoms with Crippen molar-refractivity contribution in [2.75, 3.05) is 4.90 Å². The molecule has 0 aliphatic carbocycles. The number of hydrogen-bond donors (Lipinski definition) is 2. The van der Waals surface area contributed by atoms with Crippen molar-refractivity contribution in [3.05, 3.63) is 21.8 Å². The van der Waals surface area contributed by atoms with Gasteiger partial charge in [-0.15, -0.1) is 10.00 Å². The Hall–Kier alpha value is -2.16. The monoisotopic (exact) mass is 412 g/mol. The van der Waals surface area contributed by atoms with E-state index in [1.54, 1.807) is 6.07 Å². The maximum atomic E-state index is 11.2. The summed E-state index contributed by atoms with van der Waals surface area (Å²) in [5, 5.41) is 22.4. The number of hydrogen-bond acceptors (Lipinski definition) is 4. The van der Waals surface area contributed by atoms with Gasteiger partial charge in [0.15, 0.2) is 5.65 Å². The highest BCUT2D eigenvalue weighted by atomic mass is 79.9. The molecule has 0 saturated heterocycles. The molecule has 2 N–H and O–H groups in total. The van der Waals surface area contributed by atoms with Gasteiger partial charge in [-0.05, 0) is 33.0 Å². The van der Waals surface area contributed by atoms with Crippen LogP contribution >= 0.6 is 15.9 Å². The van der Waals surface area contributed by atoms with Crippen molar-refractivity contribution in [2.24, 2.45) is 0 Å². The van der Waals surface area contributed by atoms with Crippen LogP contribution in [-0.4, -0.2) is 37.0 Å². The van der Waals surface area contributed by atoms with Gasteiger partial charge in [-0.3, -0.25) is 0 Å². The van der Waals surface area contributed by atoms with Crippen molar-refractivity contribution in [1.82, 2.24) is 14.6 Å². The Kier molecular flexibility index (Phi) is 4.58. The maximum absolute atomic E-state index is 11.2. The fraction of sp³-hybridized carbons (Fsp3) is 0.500. The maximum Gasteiger partial charge on any atom is 0.424 e. The molecule has 0 radical (unpaired) electrons. The summed E-state index contributed by atoms with van der Waals surface area (Å²) in [6.07, 6.45) is -3.31. The average Bonchev–Trinajstić information content (AvgIpc) is 2.76. The zero-order valence-corrected chi connectivity index (χ0v) is 16.5. The molecule has 0 aliphatic rings. The summed E-state index contributed by atoms with van der Waals surface area (Å²) in [5.41, 5.74) is 1.60. The first kappa shape index (κ1) is 19.2. The third-order valence-corrected chi connectivity index (χ3v) is 4.45. The van der Waals surface area contributed by atoms with Gasteiger partial charge in [-0.2, -0.15) is 4.98 Å². The largest absolute Gasteiger partial charge is 0.464 e. The Labute approximate surface area is 153 Å². The predicted octanol–water partition coefficient (Wildman–Crippen LogP) is 4.25. The van der Waals surface area contributed by atoms with Crippen molar-refractivity contribution < 1.29 is 19.8 Å². The lowest BCUT2D eigenvalue weighted by Gasteiger charge is -2.27. The van der Waals surface area contributed by atoms with E-state index in [-0.39, 0.29) is 15.7 Å². The van der Waals surface area contributed by atoms with Crippen LogP contribution in [0.15, 0.2) is 10.5 Å². The van der Waals surface area contributed by atoms with E-state index in [2.05, 4.69) is 26.0 Å². The van der Waals surface area contributed by atoms with Crippen LogP contribution in [0.3, 0.4) is 0 Å². The van der Waals surface area contributed by atoms with Crippen LogP contribution in [0.5, 0.6) is 0 Å². The van der Waals surface area contributed by atoms with Crippen LogP contribution in [0.2, 0.25) is 0 Å². The molecule has 0 aliphatic heterocycles. The van der Waals surface area contributed by atoms with Gasteiger partial charge in [-0.1, -0.05) is 41.5 Å². The van der Waals surface area contributed by atoms with Crippen LogP contribution in [-0.2, 0) is 10.8 Å². The van der Waals surface area contributed by atoms with Crippen molar-refractivity contribution in [3.63, 3.8) is 0 Å². The van der Waals surface area contributed by atoms with Crippen molar-refractivity contribution in [2.45, 2.75) is 52.4 Å². The molecule has 0 aromatic carbocycles. The van der Waals surface area contributed by atoms with E-state index < -0.39 is 18.1 Å². The minimum atomic E-state index is -1.66. The number of carbonyl (C=O) groups is 2. The molecule has 8 nitrogen and oxygen atoms in total. The Morgan fingerprint density at radius 2 is 1.60 bits per heavy atom. The molecule has 0 bridgehead atoms. The molecule has 0 spiro atoms. The van der Waals surface area contributed by atoms with Crippen molar-refractivity contribution >= 4 is 39.7 Å². The zero-order chi connectivity index (χ0) is 19.3. The van der Waals surface area contributed by atoms with Crippen molar-refractivity contribution in [1.29, 1.82) is 0 Å². The first-order valence-electron chi connectivity index (χ1n) is 7.61. The van der Waals surface area contributed by atoms with Gasteiger partial charge in [0.05, 0.1) is 5.69 Å². The second-order valence-electron chi connectivity index (χ2n) is 7.80. The second kappa shape index (κ2) is 5.98. The van der Waals surface area contributed by atoms with Gasteiger partial charge >= 0.3 is 12.2 Å². The van der Waals surface area contributed by atoms with Crippen LogP contribution in [0.4, 0.5) is 15.5 Å². The summed E-state index contributed by atoms with van der Waals surface area (Å²) in [5.74, 6) is -0.400. The number of pyridine rings is 1. The smallest absolute Gasteiger partial charge is 0.424 e. The fourth-order valence-electron chi connectivity index (χ4n) is 2.52. The highest BCUT2D eigenvalue weighted by molar-refractivity contribution is 9.10. The van der Waals surface area contributed by atoms with Crippen LogP contribution in [0.1, 0.15) is 52.8 Å². The van der Waals surface area contributed by atoms with Crippen LogP contribution < -0.4 is 4.90 Å². The molecule has 0 unspecified atom stereocenters. The lowest BCUT2D eigenvalue weighted by Crippen LogP contribution is -2.35. The SMILES string of the molecule is CC(C)(C)c1cc2nc(N(C(=O)O)C(=O)O)nn2c(C(C)(C)C)c1Br. The highest BCUT2D eigenvalue weighted by Crippen LogP contribution is 2.38. The molecule has 0 saturated carbocycles. The molecule has 2 rings (SSSR count). The Morgan fingerprint density at radius 3 is 2.00 bits per heavy atom. The van der Waals surface area contributed by atoms with Gasteiger partial charge in [0.25, 0.3) is 5.95 Å². The number of rotatable bonds is 1. The Balaban J connectivity index is 2.89. The zero-order valence-electron chi connectivity index (χ0n) is 15.0. The number of imide groups is 1. The van der Waals surface area contributed by atoms with Gasteiger partial charge in [0.1, 0.15) is 0 Å². The number of amides is 2. The Bertz CT molecular complexity index is 848. The molecule has 9 heteroatoms. The van der Waals surface area contributed by atoms with E-state index in [1.165, 1.54) is 4.52 Å². The number of anilines is 1. The number of aromatic nitrogens is 3. The van der Waals surface area contributed by atoms with Gasteiger partial charge in [0.2, 0.25) is 0 Å². The van der Waals surface area contributed by atoms with E-state index in [1.807, 2.05) is 41.5 Å². The second-order valence-corrected chi connectivity index (χ2v) is 8.60. The lowest BCUT2D eigenvalue weighted by atomic mass is 9.83. The lowest BCUT2D eigenvalue weighted by molar-refractivity contribution is 0.183. The molecule has 2 aromatic heterocycles. The summed E-state index contributed by atoms with van der Waals surface area (Å²) in [6, 6.07) is 1.79. The third kappa shape index (κ3) is 3.46. The average molecular weight is 413 g/mol. The van der Waals surface area contributed by atoms with E-state index in [0.717, 1.165) is 15.7 Å². The fourth-order valence-corrected chi connectivity index (χ4v) is 4.00. The highest BCUT2D eigenvalue weighted by Gasteiger charge is 2.32. The van der Waals surface area contributed by atoms with E-state index in [9.17, 15) is 9.59 Å². The molecule has 25 heavy (non-hydrogen) atoms. The number of nitrogens with zero attached hydrogens (tertiary/aromatic N) is 4. The molecule has 0 atom stereocenters. The number of carboxylic acid groups (broad SMARTS) is 2. The topological polar surface area (TPSA) is 108 Å². The minimum Gasteiger partial charge on any atom is -0.464 e. The van der Waals surface area contributed by atoms with E-state index >= 15 is 0 Å². The van der Waals surface area contributed by atoms with Crippen molar-refractivity contribution in [3.8, 4) is 0 Å². The molecular formula is C16H21BrN4O4. The quantitative estimate of drug-likeness (QED) is 0.724. The van der Waals surface area contributed by atoms with Gasteiger partial charge < -0.3 is 10.2 Å². The van der Waals surface area contributed by atoms with Crippen LogP contribution in [0, 0.1) is 0 Å². The number of halogens is 1. The molecule has 2 aromatic rings. The first-order valence-corrected chi connectivity index (χ1v) is 8.40. The first-order chi connectivity index (χ1) is 11.2. The van der Waals surface area contributed by atoms with Gasteiger partial charge in [0, 0.05) is 9.89 Å². The minimum absolute atomic E-state index is 0.101. The normalized spacial score (nSPS) is 12.4. The molecule has 2 heterocycles. The van der Waals surface area contributed by atoms with Gasteiger partial charge in [-0.25, -0.2) is 14.1 Å². The standard InChI is InChI=1S/C16H21BrN4O4/c1-15(2,3)8-7-9-18-12(20(13(22)23)14(24)25)19-21(9)11(10(8)17)16(4,5)6/h7H,1-6H3,(H,22,23)(H,24,25). The molecule has 0 fully saturated rings. The predicted molar refractivity (Wildman–Crippen MR) is 96.6 cm³/mol. The summed E-state index contributed by atoms with van der Waals surface area (Å²) < 4.78 is 2.33. The molecular weight excluding hydrogens is 392 g/mol. The van der Waals surface area contributed by atoms with Crippen LogP contribution in [0.25, 0.3) is 5.65 Å². The summed E-state index contributed by atoms with van der Waals surface area (Å²) in [6.45, 7) is 12.1. The third-order valence-electron chi connectivity index (χ3n) is 3.65. The Morgan fingerprint density at radius 1 is 1.08 bits per heavy atom. The molecule has 2 amide bonds.